The predicted octanol–water partition coefficient (Wildman–Crippen LogP) is 4.45. The van der Waals surface area contributed by atoms with E-state index >= 15 is 0 Å². The molecule has 0 radical (unpaired) electrons. The van der Waals surface area contributed by atoms with Crippen LogP contribution in [0.3, 0.4) is 0 Å². The fraction of sp³-hybridized carbons (Fsp3) is 0.133. The third-order valence-corrected chi connectivity index (χ3v) is 3.91. The second-order valence-electron chi connectivity index (χ2n) is 4.23. The molecule has 2 aromatic carbocycles. The van der Waals surface area contributed by atoms with E-state index < -0.39 is 0 Å². The molecule has 6 heteroatoms. The summed E-state index contributed by atoms with van der Waals surface area (Å²) in [5.41, 5.74) is 0.861. The smallest absolute Gasteiger partial charge is 0.258 e. The summed E-state index contributed by atoms with van der Waals surface area (Å²) in [6, 6.07) is 12.5. The van der Waals surface area contributed by atoms with E-state index in [1.807, 2.05) is 18.2 Å². The van der Waals surface area contributed by atoms with Crippen LogP contribution in [0.25, 0.3) is 0 Å². The van der Waals surface area contributed by atoms with Gasteiger partial charge in [0.05, 0.1) is 4.47 Å². The van der Waals surface area contributed by atoms with Gasteiger partial charge in [0.2, 0.25) is 0 Å². The summed E-state index contributed by atoms with van der Waals surface area (Å²) >= 11 is 15.2. The molecule has 110 valence electrons. The lowest BCUT2D eigenvalue weighted by Gasteiger charge is -2.09. The number of halogens is 3. The highest BCUT2D eigenvalue weighted by Crippen LogP contribution is 2.27. The Morgan fingerprint density at radius 1 is 1.19 bits per heavy atom. The van der Waals surface area contributed by atoms with Crippen LogP contribution in [0.2, 0.25) is 10.0 Å². The summed E-state index contributed by atoms with van der Waals surface area (Å²) in [6.07, 6.45) is 0. The number of benzene rings is 2. The number of carbonyl (C=O) groups is 1. The van der Waals surface area contributed by atoms with Crippen LogP contribution < -0.4 is 10.1 Å². The normalized spacial score (nSPS) is 10.2. The fourth-order valence-electron chi connectivity index (χ4n) is 1.62. The molecule has 0 aliphatic rings. The zero-order valence-corrected chi connectivity index (χ0v) is 14.0. The zero-order chi connectivity index (χ0) is 15.2. The summed E-state index contributed by atoms with van der Waals surface area (Å²) < 4.78 is 6.12. The Bertz CT molecular complexity index is 649. The zero-order valence-electron chi connectivity index (χ0n) is 10.9. The first-order chi connectivity index (χ1) is 10.1. The Kier molecular flexibility index (Phi) is 5.91. The van der Waals surface area contributed by atoms with Crippen molar-refractivity contribution in [3.8, 4) is 5.75 Å². The van der Waals surface area contributed by atoms with E-state index in [0.717, 1.165) is 5.56 Å². The van der Waals surface area contributed by atoms with Gasteiger partial charge in [-0.05, 0) is 45.8 Å². The first kappa shape index (κ1) is 16.1. The van der Waals surface area contributed by atoms with E-state index in [-0.39, 0.29) is 12.5 Å². The highest BCUT2D eigenvalue weighted by Gasteiger charge is 2.07. The minimum Gasteiger partial charge on any atom is -0.483 e. The molecule has 0 fully saturated rings. The fourth-order valence-corrected chi connectivity index (χ4v) is 2.62. The van der Waals surface area contributed by atoms with Crippen molar-refractivity contribution in [3.05, 3.63) is 62.5 Å². The molecule has 0 aliphatic heterocycles. The Morgan fingerprint density at radius 3 is 2.67 bits per heavy atom. The maximum atomic E-state index is 11.8. The van der Waals surface area contributed by atoms with E-state index in [4.69, 9.17) is 27.9 Å². The van der Waals surface area contributed by atoms with Gasteiger partial charge < -0.3 is 10.1 Å². The number of ether oxygens (including phenoxy) is 1. The molecule has 0 spiro atoms. The molecule has 1 amide bonds. The second-order valence-corrected chi connectivity index (χ2v) is 5.93. The quantitative estimate of drug-likeness (QED) is 0.821. The number of amides is 1. The molecule has 0 aliphatic carbocycles. The van der Waals surface area contributed by atoms with Gasteiger partial charge in [-0.1, -0.05) is 41.4 Å². The number of nitrogens with one attached hydrogen (secondary N) is 1. The maximum absolute atomic E-state index is 11.8. The van der Waals surface area contributed by atoms with Crippen molar-refractivity contribution in [1.82, 2.24) is 5.32 Å². The van der Waals surface area contributed by atoms with Crippen molar-refractivity contribution in [2.24, 2.45) is 0 Å². The van der Waals surface area contributed by atoms with Crippen LogP contribution in [0.5, 0.6) is 5.75 Å². The molecular weight excluding hydrogens is 377 g/mol. The topological polar surface area (TPSA) is 38.3 Å². The summed E-state index contributed by atoms with van der Waals surface area (Å²) in [7, 11) is 0. The average Bonchev–Trinajstić information content (AvgIpc) is 2.45. The van der Waals surface area contributed by atoms with E-state index in [1.54, 1.807) is 24.3 Å². The monoisotopic (exact) mass is 387 g/mol. The lowest BCUT2D eigenvalue weighted by molar-refractivity contribution is -0.123. The highest BCUT2D eigenvalue weighted by atomic mass is 79.9. The van der Waals surface area contributed by atoms with Crippen molar-refractivity contribution in [2.45, 2.75) is 6.54 Å². The third-order valence-electron chi connectivity index (χ3n) is 2.69. The molecule has 0 saturated heterocycles. The van der Waals surface area contributed by atoms with Gasteiger partial charge in [0.15, 0.2) is 6.61 Å². The van der Waals surface area contributed by atoms with Gasteiger partial charge in [-0.3, -0.25) is 4.79 Å². The Labute approximate surface area is 141 Å². The van der Waals surface area contributed by atoms with E-state index in [2.05, 4.69) is 21.2 Å². The minimum absolute atomic E-state index is 0.0787. The van der Waals surface area contributed by atoms with Crippen LogP contribution in [-0.4, -0.2) is 12.5 Å². The molecule has 0 heterocycles. The van der Waals surface area contributed by atoms with Crippen molar-refractivity contribution in [3.63, 3.8) is 0 Å². The van der Waals surface area contributed by atoms with Gasteiger partial charge in [-0.2, -0.15) is 0 Å². The van der Waals surface area contributed by atoms with Crippen LogP contribution in [0, 0.1) is 0 Å². The number of rotatable bonds is 5. The van der Waals surface area contributed by atoms with E-state index in [0.29, 0.717) is 26.8 Å². The summed E-state index contributed by atoms with van der Waals surface area (Å²) in [6.45, 7) is 0.286. The van der Waals surface area contributed by atoms with Crippen molar-refractivity contribution < 1.29 is 9.53 Å². The second kappa shape index (κ2) is 7.69. The summed E-state index contributed by atoms with van der Waals surface area (Å²) in [5, 5.41) is 3.97. The third kappa shape index (κ3) is 4.92. The standard InChI is InChI=1S/C15H12BrCl2NO2/c16-12-7-11(17)5-6-14(12)21-9-15(20)19-8-10-3-1-2-4-13(10)18/h1-7H,8-9H2,(H,19,20). The van der Waals surface area contributed by atoms with Crippen LogP contribution in [-0.2, 0) is 11.3 Å². The van der Waals surface area contributed by atoms with E-state index in [9.17, 15) is 4.79 Å². The first-order valence-corrected chi connectivity index (χ1v) is 7.69. The largest absolute Gasteiger partial charge is 0.483 e. The summed E-state index contributed by atoms with van der Waals surface area (Å²) in [5.74, 6) is 0.337. The minimum atomic E-state index is -0.225. The lowest BCUT2D eigenvalue weighted by Crippen LogP contribution is -2.28. The van der Waals surface area contributed by atoms with Gasteiger partial charge in [0, 0.05) is 16.6 Å². The SMILES string of the molecule is O=C(COc1ccc(Cl)cc1Br)NCc1ccccc1Cl. The molecule has 3 nitrogen and oxygen atoms in total. The molecule has 21 heavy (non-hydrogen) atoms. The molecule has 0 aromatic heterocycles. The van der Waals surface area contributed by atoms with Crippen molar-refractivity contribution in [2.75, 3.05) is 6.61 Å². The lowest BCUT2D eigenvalue weighted by atomic mass is 10.2. The molecule has 0 unspecified atom stereocenters. The van der Waals surface area contributed by atoms with E-state index in [1.165, 1.54) is 0 Å². The number of hydrogen-bond acceptors (Lipinski definition) is 2. The maximum Gasteiger partial charge on any atom is 0.258 e. The molecule has 2 aromatic rings. The predicted molar refractivity (Wildman–Crippen MR) is 87.9 cm³/mol. The van der Waals surface area contributed by atoms with Gasteiger partial charge in [-0.25, -0.2) is 0 Å². The summed E-state index contributed by atoms with van der Waals surface area (Å²) in [4.78, 5) is 11.8. The van der Waals surface area contributed by atoms with Crippen LogP contribution >= 0.6 is 39.1 Å². The molecule has 2 rings (SSSR count). The number of hydrogen-bond donors (Lipinski definition) is 1. The van der Waals surface area contributed by atoms with Crippen molar-refractivity contribution in [1.29, 1.82) is 0 Å². The van der Waals surface area contributed by atoms with Crippen LogP contribution in [0.4, 0.5) is 0 Å². The average molecular weight is 389 g/mol. The van der Waals surface area contributed by atoms with Gasteiger partial charge >= 0.3 is 0 Å². The first-order valence-electron chi connectivity index (χ1n) is 6.14. The van der Waals surface area contributed by atoms with Crippen LogP contribution in [0.1, 0.15) is 5.56 Å². The Morgan fingerprint density at radius 2 is 1.95 bits per heavy atom. The molecule has 0 saturated carbocycles. The Hall–Kier alpha value is -1.23. The highest BCUT2D eigenvalue weighted by molar-refractivity contribution is 9.10. The van der Waals surface area contributed by atoms with Gasteiger partial charge in [-0.15, -0.1) is 0 Å². The van der Waals surface area contributed by atoms with Crippen molar-refractivity contribution >= 4 is 45.0 Å². The Balaban J connectivity index is 1.84. The van der Waals surface area contributed by atoms with Gasteiger partial charge in [0.1, 0.15) is 5.75 Å². The van der Waals surface area contributed by atoms with Gasteiger partial charge in [0.25, 0.3) is 5.91 Å². The molecular formula is C15H12BrCl2NO2. The molecule has 1 N–H and O–H groups in total. The number of carbonyl (C=O) groups excluding carboxylic acids is 1. The molecule has 0 atom stereocenters. The van der Waals surface area contributed by atoms with Crippen LogP contribution in [0.15, 0.2) is 46.9 Å². The molecule has 0 bridgehead atoms.